The highest BCUT2D eigenvalue weighted by atomic mass is 32.1. The Kier molecular flexibility index (Phi) is 2.43. The topological polar surface area (TPSA) is 48.3 Å². The normalized spacial score (nSPS) is 9.55. The van der Waals surface area contributed by atoms with Crippen LogP contribution in [0.1, 0.15) is 0 Å². The van der Waals surface area contributed by atoms with Gasteiger partial charge in [-0.15, -0.1) is 0 Å². The number of esters is 1. The zero-order valence-electron chi connectivity index (χ0n) is 5.94. The van der Waals surface area contributed by atoms with Crippen LogP contribution in [0.5, 0.6) is 0 Å². The molecule has 0 saturated heterocycles. The molecule has 0 aliphatic heterocycles. The first-order valence-corrected chi connectivity index (χ1v) is 3.79. The van der Waals surface area contributed by atoms with E-state index in [0.29, 0.717) is 0 Å². The van der Waals surface area contributed by atoms with E-state index in [1.165, 1.54) is 28.7 Å². The number of hydrogen-bond donors (Lipinski definition) is 0. The molecule has 0 spiro atoms. The van der Waals surface area contributed by atoms with Crippen molar-refractivity contribution in [2.24, 2.45) is 0 Å². The summed E-state index contributed by atoms with van der Waals surface area (Å²) in [5.41, 5.74) is -0.166. The van der Waals surface area contributed by atoms with E-state index in [-0.39, 0.29) is 12.1 Å². The van der Waals surface area contributed by atoms with Crippen molar-refractivity contribution in [1.29, 1.82) is 0 Å². The van der Waals surface area contributed by atoms with Gasteiger partial charge in [0.15, 0.2) is 0 Å². The monoisotopic (exact) mass is 173 g/mol. The van der Waals surface area contributed by atoms with E-state index in [2.05, 4.69) is 4.74 Å². The van der Waals surface area contributed by atoms with Gasteiger partial charge in [0, 0.05) is 11.4 Å². The van der Waals surface area contributed by atoms with Crippen molar-refractivity contribution in [3.05, 3.63) is 21.8 Å². The van der Waals surface area contributed by atoms with Gasteiger partial charge in [-0.1, -0.05) is 11.5 Å². The van der Waals surface area contributed by atoms with Crippen LogP contribution in [0.25, 0.3) is 0 Å². The van der Waals surface area contributed by atoms with Crippen LogP contribution in [-0.4, -0.2) is 17.0 Å². The van der Waals surface area contributed by atoms with Crippen molar-refractivity contribution >= 4 is 17.5 Å². The van der Waals surface area contributed by atoms with Crippen molar-refractivity contribution in [3.8, 4) is 0 Å². The molecule has 0 radical (unpaired) electrons. The average molecular weight is 173 g/mol. The van der Waals surface area contributed by atoms with Crippen LogP contribution in [0.2, 0.25) is 0 Å². The van der Waals surface area contributed by atoms with E-state index in [9.17, 15) is 9.59 Å². The molecule has 1 aromatic rings. The minimum absolute atomic E-state index is 0.00694. The summed E-state index contributed by atoms with van der Waals surface area (Å²) in [6.45, 7) is 0.00694. The van der Waals surface area contributed by atoms with Gasteiger partial charge in [-0.2, -0.15) is 0 Å². The van der Waals surface area contributed by atoms with Crippen molar-refractivity contribution in [1.82, 2.24) is 3.96 Å². The lowest BCUT2D eigenvalue weighted by molar-refractivity contribution is -0.141. The summed E-state index contributed by atoms with van der Waals surface area (Å²) in [4.78, 5) is 21.5. The third-order valence-electron chi connectivity index (χ3n) is 1.14. The number of carbonyl (C=O) groups excluding carboxylic acids is 1. The molecule has 0 N–H and O–H groups in total. The summed E-state index contributed by atoms with van der Waals surface area (Å²) >= 11 is 1.20. The maximum atomic E-state index is 10.8. The van der Waals surface area contributed by atoms with Crippen LogP contribution in [0, 0.1) is 0 Å². The Labute approximate surface area is 67.2 Å². The van der Waals surface area contributed by atoms with E-state index in [1.807, 2.05) is 0 Å². The Morgan fingerprint density at radius 1 is 1.82 bits per heavy atom. The second kappa shape index (κ2) is 3.34. The molecule has 0 atom stereocenters. The largest absolute Gasteiger partial charge is 0.468 e. The zero-order chi connectivity index (χ0) is 8.27. The second-order valence-electron chi connectivity index (χ2n) is 1.86. The molecule has 1 rings (SSSR count). The van der Waals surface area contributed by atoms with Gasteiger partial charge in [0.25, 0.3) is 5.56 Å². The minimum Gasteiger partial charge on any atom is -0.468 e. The Morgan fingerprint density at radius 2 is 2.55 bits per heavy atom. The summed E-state index contributed by atoms with van der Waals surface area (Å²) in [5, 5.41) is 1.63. The standard InChI is InChI=1S/C6H7NO3S/c1-10-6(9)4-7-5(8)2-3-11-7/h2-3H,4H2,1H3. The van der Waals surface area contributed by atoms with E-state index in [0.717, 1.165) is 0 Å². The lowest BCUT2D eigenvalue weighted by atomic mass is 10.6. The predicted molar refractivity (Wildman–Crippen MR) is 40.6 cm³/mol. The first kappa shape index (κ1) is 8.00. The molecule has 0 bridgehead atoms. The predicted octanol–water partition coefficient (Wildman–Crippen LogP) is 0.0828. The lowest BCUT2D eigenvalue weighted by Crippen LogP contribution is -2.18. The molecular formula is C6H7NO3S. The smallest absolute Gasteiger partial charge is 0.326 e. The Hall–Kier alpha value is -1.10. The molecule has 60 valence electrons. The average Bonchev–Trinajstić information content (AvgIpc) is 2.37. The number of carbonyl (C=O) groups is 1. The van der Waals surface area contributed by atoms with Crippen molar-refractivity contribution in [2.75, 3.05) is 7.11 Å². The van der Waals surface area contributed by atoms with Gasteiger partial charge in [-0.05, 0) is 0 Å². The SMILES string of the molecule is COC(=O)Cn1sccc1=O. The molecule has 5 heteroatoms. The minimum atomic E-state index is -0.408. The number of methoxy groups -OCH3 is 1. The fraction of sp³-hybridized carbons (Fsp3) is 0.333. The summed E-state index contributed by atoms with van der Waals surface area (Å²) in [6.07, 6.45) is 0. The highest BCUT2D eigenvalue weighted by Crippen LogP contribution is 1.92. The summed E-state index contributed by atoms with van der Waals surface area (Å²) < 4.78 is 5.71. The van der Waals surface area contributed by atoms with Crippen molar-refractivity contribution < 1.29 is 9.53 Å². The van der Waals surface area contributed by atoms with Crippen LogP contribution in [-0.2, 0) is 16.1 Å². The molecule has 0 aliphatic carbocycles. The number of hydrogen-bond acceptors (Lipinski definition) is 4. The van der Waals surface area contributed by atoms with Gasteiger partial charge in [0.2, 0.25) is 0 Å². The molecule has 0 aromatic carbocycles. The molecule has 0 unspecified atom stereocenters. The van der Waals surface area contributed by atoms with Crippen LogP contribution in [0.3, 0.4) is 0 Å². The van der Waals surface area contributed by atoms with Crippen LogP contribution < -0.4 is 5.56 Å². The third kappa shape index (κ3) is 1.91. The maximum Gasteiger partial charge on any atom is 0.326 e. The molecule has 0 saturated carbocycles. The molecule has 0 fully saturated rings. The lowest BCUT2D eigenvalue weighted by Gasteiger charge is -1.96. The summed E-state index contributed by atoms with van der Waals surface area (Å²) in [6, 6.07) is 1.41. The fourth-order valence-corrected chi connectivity index (χ4v) is 1.26. The first-order valence-electron chi connectivity index (χ1n) is 2.95. The number of aromatic nitrogens is 1. The number of rotatable bonds is 2. The second-order valence-corrected chi connectivity index (χ2v) is 2.78. The van der Waals surface area contributed by atoms with Crippen LogP contribution in [0.4, 0.5) is 0 Å². The molecular weight excluding hydrogens is 166 g/mol. The van der Waals surface area contributed by atoms with Gasteiger partial charge >= 0.3 is 5.97 Å². The van der Waals surface area contributed by atoms with E-state index >= 15 is 0 Å². The third-order valence-corrected chi connectivity index (χ3v) is 1.97. The molecule has 0 amide bonds. The Bertz CT molecular complexity index is 301. The van der Waals surface area contributed by atoms with E-state index in [1.54, 1.807) is 5.38 Å². The van der Waals surface area contributed by atoms with Gasteiger partial charge < -0.3 is 4.74 Å². The fourth-order valence-electron chi connectivity index (χ4n) is 0.594. The summed E-state index contributed by atoms with van der Waals surface area (Å²) in [7, 11) is 1.29. The highest BCUT2D eigenvalue weighted by molar-refractivity contribution is 7.04. The van der Waals surface area contributed by atoms with Crippen molar-refractivity contribution in [2.45, 2.75) is 6.54 Å². The Balaban J connectivity index is 2.72. The van der Waals surface area contributed by atoms with Crippen molar-refractivity contribution in [3.63, 3.8) is 0 Å². The zero-order valence-corrected chi connectivity index (χ0v) is 6.76. The van der Waals surface area contributed by atoms with Gasteiger partial charge in [0.05, 0.1) is 7.11 Å². The van der Waals surface area contributed by atoms with Crippen LogP contribution in [0.15, 0.2) is 16.2 Å². The van der Waals surface area contributed by atoms with E-state index < -0.39 is 5.97 Å². The molecule has 4 nitrogen and oxygen atoms in total. The molecule has 11 heavy (non-hydrogen) atoms. The molecule has 1 heterocycles. The molecule has 0 aliphatic rings. The first-order chi connectivity index (χ1) is 5.24. The van der Waals surface area contributed by atoms with Gasteiger partial charge in [-0.3, -0.25) is 13.5 Å². The maximum absolute atomic E-state index is 10.8. The van der Waals surface area contributed by atoms with E-state index in [4.69, 9.17) is 0 Å². The van der Waals surface area contributed by atoms with Gasteiger partial charge in [0.1, 0.15) is 6.54 Å². The highest BCUT2D eigenvalue weighted by Gasteiger charge is 2.03. The number of ether oxygens (including phenoxy) is 1. The quantitative estimate of drug-likeness (QED) is 0.595. The van der Waals surface area contributed by atoms with Crippen LogP contribution >= 0.6 is 11.5 Å². The number of nitrogens with zero attached hydrogens (tertiary/aromatic N) is 1. The summed E-state index contributed by atoms with van der Waals surface area (Å²) in [5.74, 6) is -0.408. The molecule has 1 aromatic heterocycles. The van der Waals surface area contributed by atoms with Gasteiger partial charge in [-0.25, -0.2) is 0 Å². The Morgan fingerprint density at radius 3 is 3.00 bits per heavy atom.